The van der Waals surface area contributed by atoms with Crippen LogP contribution in [-0.4, -0.2) is 29.3 Å². The molecule has 0 spiro atoms. The van der Waals surface area contributed by atoms with E-state index < -0.39 is 5.97 Å². The molecule has 0 aliphatic carbocycles. The zero-order chi connectivity index (χ0) is 11.8. The number of thioether (sulfide) groups is 1. The van der Waals surface area contributed by atoms with Crippen LogP contribution in [0.4, 0.5) is 0 Å². The molecule has 1 N–H and O–H groups in total. The number of nitrogens with zero attached hydrogens (tertiary/aromatic N) is 1. The van der Waals surface area contributed by atoms with Crippen molar-refractivity contribution in [1.82, 2.24) is 0 Å². The maximum Gasteiger partial charge on any atom is 0.335 e. The summed E-state index contributed by atoms with van der Waals surface area (Å²) in [5.41, 5.74) is 1.89. The number of fused-ring (bicyclic) bond motifs is 3. The summed E-state index contributed by atoms with van der Waals surface area (Å²) in [5, 5.41) is 9.00. The maximum atomic E-state index is 11.0. The molecule has 0 saturated carbocycles. The third kappa shape index (κ3) is 1.72. The van der Waals surface area contributed by atoms with Gasteiger partial charge in [-0.3, -0.25) is 4.99 Å². The molecule has 4 nitrogen and oxygen atoms in total. The Morgan fingerprint density at radius 3 is 3.18 bits per heavy atom. The number of hydrogen-bond donors (Lipinski definition) is 1. The Bertz CT molecular complexity index is 563. The van der Waals surface area contributed by atoms with Crippen molar-refractivity contribution >= 4 is 23.4 Å². The minimum atomic E-state index is -0.936. The number of hydrogen-bond acceptors (Lipinski definition) is 4. The standard InChI is InChI=1S/C12H9NO3S/c14-12(15)7-1-2-9-8(5-7)11-10(3-4-16-9)17-6-13-11/h1-3,5H,4,6H2,(H,14,15). The van der Waals surface area contributed by atoms with Gasteiger partial charge in [0.1, 0.15) is 12.4 Å². The second-order valence-electron chi connectivity index (χ2n) is 3.68. The summed E-state index contributed by atoms with van der Waals surface area (Å²) in [7, 11) is 0. The normalized spacial score (nSPS) is 17.2. The van der Waals surface area contributed by atoms with Crippen LogP contribution in [0.25, 0.3) is 0 Å². The zero-order valence-electron chi connectivity index (χ0n) is 8.84. The lowest BCUT2D eigenvalue weighted by atomic mass is 10.0. The first-order valence-electron chi connectivity index (χ1n) is 5.14. The monoisotopic (exact) mass is 247 g/mol. The van der Waals surface area contributed by atoms with E-state index in [1.54, 1.807) is 30.0 Å². The first kappa shape index (κ1) is 10.4. The van der Waals surface area contributed by atoms with E-state index in [0.717, 1.165) is 16.2 Å². The number of allylic oxidation sites excluding steroid dienone is 1. The molecule has 0 unspecified atom stereocenters. The fraction of sp³-hybridized carbons (Fsp3) is 0.167. The highest BCUT2D eigenvalue weighted by Crippen LogP contribution is 2.34. The van der Waals surface area contributed by atoms with Crippen LogP contribution in [0, 0.1) is 0 Å². The van der Waals surface area contributed by atoms with Crippen LogP contribution >= 0.6 is 11.8 Å². The quantitative estimate of drug-likeness (QED) is 0.826. The molecule has 0 radical (unpaired) electrons. The van der Waals surface area contributed by atoms with Crippen molar-refractivity contribution < 1.29 is 14.6 Å². The van der Waals surface area contributed by atoms with E-state index in [2.05, 4.69) is 4.99 Å². The highest BCUT2D eigenvalue weighted by atomic mass is 32.2. The SMILES string of the molecule is O=C(O)c1ccc2c(c1)C1=NCSC1=CCO2. The first-order valence-corrected chi connectivity index (χ1v) is 6.12. The molecular weight excluding hydrogens is 238 g/mol. The van der Waals surface area contributed by atoms with E-state index in [-0.39, 0.29) is 5.56 Å². The van der Waals surface area contributed by atoms with Crippen LogP contribution in [-0.2, 0) is 0 Å². The lowest BCUT2D eigenvalue weighted by molar-refractivity contribution is 0.0697. The van der Waals surface area contributed by atoms with Gasteiger partial charge in [0.05, 0.1) is 17.2 Å². The number of aliphatic imine (C=N–C) groups is 1. The zero-order valence-corrected chi connectivity index (χ0v) is 9.66. The molecule has 17 heavy (non-hydrogen) atoms. The number of carboxylic acid groups (broad SMARTS) is 1. The minimum Gasteiger partial charge on any atom is -0.489 e. The lowest BCUT2D eigenvalue weighted by Gasteiger charge is -2.08. The van der Waals surface area contributed by atoms with Crippen molar-refractivity contribution in [3.63, 3.8) is 0 Å². The molecule has 2 aliphatic rings. The summed E-state index contributed by atoms with van der Waals surface area (Å²) in [6.45, 7) is 0.501. The van der Waals surface area contributed by atoms with E-state index in [4.69, 9.17) is 9.84 Å². The highest BCUT2D eigenvalue weighted by molar-refractivity contribution is 8.04. The summed E-state index contributed by atoms with van der Waals surface area (Å²) in [6, 6.07) is 4.87. The van der Waals surface area contributed by atoms with Crippen molar-refractivity contribution in [3.05, 3.63) is 40.3 Å². The largest absolute Gasteiger partial charge is 0.489 e. The van der Waals surface area contributed by atoms with Crippen LogP contribution in [0.5, 0.6) is 5.75 Å². The van der Waals surface area contributed by atoms with Gasteiger partial charge in [0.25, 0.3) is 0 Å². The van der Waals surface area contributed by atoms with Crippen LogP contribution in [0.2, 0.25) is 0 Å². The van der Waals surface area contributed by atoms with Crippen molar-refractivity contribution in [1.29, 1.82) is 0 Å². The number of benzene rings is 1. The van der Waals surface area contributed by atoms with Gasteiger partial charge in [-0.15, -0.1) is 11.8 Å². The van der Waals surface area contributed by atoms with Crippen LogP contribution in [0.1, 0.15) is 15.9 Å². The second kappa shape index (κ2) is 3.92. The van der Waals surface area contributed by atoms with Gasteiger partial charge in [0, 0.05) is 10.5 Å². The predicted molar refractivity (Wildman–Crippen MR) is 66.0 cm³/mol. The number of aromatic carboxylic acids is 1. The summed E-state index contributed by atoms with van der Waals surface area (Å²) in [4.78, 5) is 16.4. The van der Waals surface area contributed by atoms with Gasteiger partial charge in [-0.1, -0.05) is 0 Å². The summed E-state index contributed by atoms with van der Waals surface area (Å²) in [6.07, 6.45) is 1.98. The van der Waals surface area contributed by atoms with Gasteiger partial charge < -0.3 is 9.84 Å². The van der Waals surface area contributed by atoms with E-state index in [1.165, 1.54) is 0 Å². The third-order valence-electron chi connectivity index (χ3n) is 2.67. The average molecular weight is 247 g/mol. The van der Waals surface area contributed by atoms with Gasteiger partial charge in [0.15, 0.2) is 0 Å². The molecule has 2 heterocycles. The van der Waals surface area contributed by atoms with Gasteiger partial charge in [0.2, 0.25) is 0 Å². The Labute approximate surface area is 102 Å². The molecule has 1 aromatic rings. The molecule has 5 heteroatoms. The van der Waals surface area contributed by atoms with Gasteiger partial charge in [-0.25, -0.2) is 4.79 Å². The first-order chi connectivity index (χ1) is 8.25. The summed E-state index contributed by atoms with van der Waals surface area (Å²) in [5.74, 6) is 0.453. The number of carbonyl (C=O) groups is 1. The average Bonchev–Trinajstić information content (AvgIpc) is 2.71. The number of ether oxygens (including phenoxy) is 1. The van der Waals surface area contributed by atoms with E-state index in [9.17, 15) is 4.79 Å². The predicted octanol–water partition coefficient (Wildman–Crippen LogP) is 2.15. The molecule has 86 valence electrons. The maximum absolute atomic E-state index is 11.0. The van der Waals surface area contributed by atoms with E-state index in [0.29, 0.717) is 18.2 Å². The minimum absolute atomic E-state index is 0.258. The van der Waals surface area contributed by atoms with Crippen LogP contribution < -0.4 is 4.74 Å². The van der Waals surface area contributed by atoms with Gasteiger partial charge >= 0.3 is 5.97 Å². The third-order valence-corrected chi connectivity index (χ3v) is 3.59. The van der Waals surface area contributed by atoms with E-state index >= 15 is 0 Å². The summed E-state index contributed by atoms with van der Waals surface area (Å²) >= 11 is 1.65. The van der Waals surface area contributed by atoms with Gasteiger partial charge in [-0.05, 0) is 24.3 Å². The molecule has 0 atom stereocenters. The molecule has 2 aliphatic heterocycles. The molecule has 0 amide bonds. The van der Waals surface area contributed by atoms with Crippen molar-refractivity contribution in [2.24, 2.45) is 4.99 Å². The molecule has 0 bridgehead atoms. The van der Waals surface area contributed by atoms with Crippen LogP contribution in [0.3, 0.4) is 0 Å². The Morgan fingerprint density at radius 2 is 2.35 bits per heavy atom. The van der Waals surface area contributed by atoms with Crippen LogP contribution in [0.15, 0.2) is 34.2 Å². The Morgan fingerprint density at radius 1 is 1.47 bits per heavy atom. The molecular formula is C12H9NO3S. The number of rotatable bonds is 1. The Balaban J connectivity index is 2.17. The Kier molecular flexibility index (Phi) is 2.40. The van der Waals surface area contributed by atoms with Crippen molar-refractivity contribution in [3.8, 4) is 5.75 Å². The topological polar surface area (TPSA) is 58.9 Å². The fourth-order valence-electron chi connectivity index (χ4n) is 1.87. The lowest BCUT2D eigenvalue weighted by Crippen LogP contribution is -2.04. The smallest absolute Gasteiger partial charge is 0.335 e. The Hall–Kier alpha value is -1.75. The summed E-state index contributed by atoms with van der Waals surface area (Å²) < 4.78 is 5.56. The molecule has 0 fully saturated rings. The van der Waals surface area contributed by atoms with Crippen molar-refractivity contribution in [2.45, 2.75) is 0 Å². The number of carboxylic acids is 1. The van der Waals surface area contributed by atoms with Gasteiger partial charge in [-0.2, -0.15) is 0 Å². The van der Waals surface area contributed by atoms with Crippen molar-refractivity contribution in [2.75, 3.05) is 12.5 Å². The fourth-order valence-corrected chi connectivity index (χ4v) is 2.70. The highest BCUT2D eigenvalue weighted by Gasteiger charge is 2.23. The second-order valence-corrected chi connectivity index (χ2v) is 4.66. The molecule has 3 rings (SSSR count). The molecule has 0 aromatic heterocycles. The molecule has 0 saturated heterocycles. The van der Waals surface area contributed by atoms with E-state index in [1.807, 2.05) is 6.08 Å². The molecule has 1 aromatic carbocycles.